The van der Waals surface area contributed by atoms with E-state index in [2.05, 4.69) is 15.4 Å². The Morgan fingerprint density at radius 2 is 2.07 bits per heavy atom. The Balaban J connectivity index is 1.61. The lowest BCUT2D eigenvalue weighted by atomic mass is 9.81. The molecule has 1 saturated carbocycles. The van der Waals surface area contributed by atoms with E-state index < -0.39 is 29.2 Å². The summed E-state index contributed by atoms with van der Waals surface area (Å²) in [5, 5.41) is 16.1. The van der Waals surface area contributed by atoms with Crippen LogP contribution in [0, 0.1) is 11.7 Å². The van der Waals surface area contributed by atoms with Crippen LogP contribution in [0.25, 0.3) is 10.9 Å². The van der Waals surface area contributed by atoms with Crippen molar-refractivity contribution in [2.45, 2.75) is 25.1 Å². The molecular weight excluding hydrogens is 392 g/mol. The van der Waals surface area contributed by atoms with Gasteiger partial charge < -0.3 is 10.4 Å². The highest BCUT2D eigenvalue weighted by Crippen LogP contribution is 2.39. The van der Waals surface area contributed by atoms with Crippen molar-refractivity contribution in [1.29, 1.82) is 0 Å². The van der Waals surface area contributed by atoms with Crippen LogP contribution in [0.2, 0.25) is 0 Å². The second-order valence-electron chi connectivity index (χ2n) is 7.01. The number of nitrogens with one attached hydrogen (secondary N) is 1. The highest BCUT2D eigenvalue weighted by molar-refractivity contribution is 6.05. The SMILES string of the molecule is O=C(Nc1cc2cnn(C3CC(CO)C3)c2cc1F)c1ncccc1C(F)(F)F. The number of alkyl halides is 3. The van der Waals surface area contributed by atoms with Crippen LogP contribution < -0.4 is 5.32 Å². The van der Waals surface area contributed by atoms with E-state index in [9.17, 15) is 22.4 Å². The van der Waals surface area contributed by atoms with E-state index in [1.807, 2.05) is 0 Å². The molecule has 0 saturated heterocycles. The van der Waals surface area contributed by atoms with Crippen molar-refractivity contribution in [3.05, 3.63) is 53.7 Å². The van der Waals surface area contributed by atoms with E-state index in [4.69, 9.17) is 5.11 Å². The third-order valence-electron chi connectivity index (χ3n) is 5.08. The molecular formula is C19H16F4N4O2. The zero-order valence-corrected chi connectivity index (χ0v) is 14.9. The molecule has 29 heavy (non-hydrogen) atoms. The molecule has 1 aliphatic carbocycles. The monoisotopic (exact) mass is 408 g/mol. The van der Waals surface area contributed by atoms with Gasteiger partial charge in [-0.15, -0.1) is 0 Å². The Bertz CT molecular complexity index is 1070. The van der Waals surface area contributed by atoms with Gasteiger partial charge in [-0.2, -0.15) is 18.3 Å². The minimum Gasteiger partial charge on any atom is -0.396 e. The number of rotatable bonds is 4. The van der Waals surface area contributed by atoms with Crippen molar-refractivity contribution in [3.8, 4) is 0 Å². The second-order valence-corrected chi connectivity index (χ2v) is 7.01. The van der Waals surface area contributed by atoms with Gasteiger partial charge in [-0.05, 0) is 37.0 Å². The number of aromatic nitrogens is 3. The molecule has 2 N–H and O–H groups in total. The Hall–Kier alpha value is -3.01. The van der Waals surface area contributed by atoms with Crippen LogP contribution >= 0.6 is 0 Å². The summed E-state index contributed by atoms with van der Waals surface area (Å²) < 4.78 is 55.5. The average molecular weight is 408 g/mol. The smallest absolute Gasteiger partial charge is 0.396 e. The maximum Gasteiger partial charge on any atom is 0.418 e. The van der Waals surface area contributed by atoms with Crippen LogP contribution in [0.5, 0.6) is 0 Å². The van der Waals surface area contributed by atoms with Gasteiger partial charge in [-0.1, -0.05) is 0 Å². The summed E-state index contributed by atoms with van der Waals surface area (Å²) >= 11 is 0. The van der Waals surface area contributed by atoms with E-state index in [0.29, 0.717) is 10.9 Å². The van der Waals surface area contributed by atoms with Crippen LogP contribution in [0.1, 0.15) is 34.9 Å². The van der Waals surface area contributed by atoms with E-state index >= 15 is 0 Å². The zero-order chi connectivity index (χ0) is 20.8. The molecule has 0 bridgehead atoms. The number of carbonyl (C=O) groups is 1. The molecule has 10 heteroatoms. The Morgan fingerprint density at radius 1 is 1.31 bits per heavy atom. The van der Waals surface area contributed by atoms with Gasteiger partial charge in [-0.25, -0.2) is 4.39 Å². The summed E-state index contributed by atoms with van der Waals surface area (Å²) in [4.78, 5) is 15.8. The second kappa shape index (κ2) is 7.11. The maximum atomic E-state index is 14.6. The lowest BCUT2D eigenvalue weighted by Gasteiger charge is -2.34. The molecule has 1 amide bonds. The minimum atomic E-state index is -4.76. The lowest BCUT2D eigenvalue weighted by Crippen LogP contribution is -2.29. The number of pyridine rings is 1. The summed E-state index contributed by atoms with van der Waals surface area (Å²) in [6.45, 7) is 0.0909. The van der Waals surface area contributed by atoms with Gasteiger partial charge in [-0.3, -0.25) is 14.5 Å². The largest absolute Gasteiger partial charge is 0.418 e. The molecule has 152 valence electrons. The fraction of sp³-hybridized carbons (Fsp3) is 0.316. The first-order chi connectivity index (χ1) is 13.8. The van der Waals surface area contributed by atoms with Crippen LogP contribution in [0.15, 0.2) is 36.7 Å². The van der Waals surface area contributed by atoms with Crippen LogP contribution in [-0.2, 0) is 6.18 Å². The van der Waals surface area contributed by atoms with Crippen molar-refractivity contribution in [2.24, 2.45) is 5.92 Å². The van der Waals surface area contributed by atoms with Gasteiger partial charge in [0.05, 0.1) is 29.0 Å². The third kappa shape index (κ3) is 3.55. The fourth-order valence-corrected chi connectivity index (χ4v) is 3.50. The number of hydrogen-bond donors (Lipinski definition) is 2. The molecule has 1 aromatic carbocycles. The van der Waals surface area contributed by atoms with E-state index in [1.54, 1.807) is 4.68 Å². The predicted octanol–water partition coefficient (Wildman–Crippen LogP) is 3.78. The van der Waals surface area contributed by atoms with Crippen molar-refractivity contribution < 1.29 is 27.5 Å². The highest BCUT2D eigenvalue weighted by Gasteiger charge is 2.36. The molecule has 0 unspecified atom stereocenters. The van der Waals surface area contributed by atoms with Crippen molar-refractivity contribution in [2.75, 3.05) is 11.9 Å². The predicted molar refractivity (Wildman–Crippen MR) is 95.7 cm³/mol. The van der Waals surface area contributed by atoms with E-state index in [1.165, 1.54) is 18.3 Å². The van der Waals surface area contributed by atoms with Gasteiger partial charge in [0.1, 0.15) is 11.5 Å². The number of fused-ring (bicyclic) bond motifs is 1. The molecule has 0 radical (unpaired) electrons. The number of nitrogens with zero attached hydrogens (tertiary/aromatic N) is 3. The van der Waals surface area contributed by atoms with E-state index in [-0.39, 0.29) is 24.3 Å². The quantitative estimate of drug-likeness (QED) is 0.644. The Kier molecular flexibility index (Phi) is 4.73. The summed E-state index contributed by atoms with van der Waals surface area (Å²) in [7, 11) is 0. The summed E-state index contributed by atoms with van der Waals surface area (Å²) in [6.07, 6.45) is -0.745. The molecule has 2 aromatic heterocycles. The standard InChI is InChI=1S/C19H16F4N4O2/c20-14-7-16-11(8-25-27(16)12-4-10(5-12)9-28)6-15(14)26-18(29)17-13(19(21,22)23)2-1-3-24-17/h1-3,6-8,10,12,28H,4-5,9H2,(H,26,29). The fourth-order valence-electron chi connectivity index (χ4n) is 3.50. The number of benzene rings is 1. The van der Waals surface area contributed by atoms with Crippen molar-refractivity contribution >= 4 is 22.5 Å². The molecule has 1 fully saturated rings. The number of anilines is 1. The topological polar surface area (TPSA) is 80.0 Å². The van der Waals surface area contributed by atoms with Crippen LogP contribution in [0.4, 0.5) is 23.2 Å². The van der Waals surface area contributed by atoms with Gasteiger partial charge in [0, 0.05) is 24.3 Å². The first-order valence-corrected chi connectivity index (χ1v) is 8.89. The summed E-state index contributed by atoms with van der Waals surface area (Å²) in [6, 6.07) is 4.37. The molecule has 0 spiro atoms. The number of halogens is 4. The van der Waals surface area contributed by atoms with Gasteiger partial charge in [0.2, 0.25) is 0 Å². The number of amides is 1. The first kappa shape index (κ1) is 19.3. The summed E-state index contributed by atoms with van der Waals surface area (Å²) in [5.74, 6) is -1.76. The summed E-state index contributed by atoms with van der Waals surface area (Å²) in [5.41, 5.74) is -1.78. The van der Waals surface area contributed by atoms with Gasteiger partial charge >= 0.3 is 6.18 Å². The Labute approximate surface area is 162 Å². The number of hydrogen-bond acceptors (Lipinski definition) is 4. The molecule has 6 nitrogen and oxygen atoms in total. The van der Waals surface area contributed by atoms with Gasteiger partial charge in [0.15, 0.2) is 0 Å². The minimum absolute atomic E-state index is 0.0485. The number of aliphatic hydroxyl groups is 1. The highest BCUT2D eigenvalue weighted by atomic mass is 19.4. The lowest BCUT2D eigenvalue weighted by molar-refractivity contribution is -0.138. The normalized spacial score (nSPS) is 19.2. The molecule has 2 heterocycles. The molecule has 3 aromatic rings. The maximum absolute atomic E-state index is 14.6. The third-order valence-corrected chi connectivity index (χ3v) is 5.08. The molecule has 1 aliphatic rings. The van der Waals surface area contributed by atoms with Crippen molar-refractivity contribution in [1.82, 2.24) is 14.8 Å². The number of aliphatic hydroxyl groups excluding tert-OH is 1. The molecule has 0 atom stereocenters. The molecule has 4 rings (SSSR count). The van der Waals surface area contributed by atoms with Crippen molar-refractivity contribution in [3.63, 3.8) is 0 Å². The average Bonchev–Trinajstić information content (AvgIpc) is 3.03. The number of carbonyl (C=O) groups excluding carboxylic acids is 1. The Morgan fingerprint density at radius 3 is 2.76 bits per heavy atom. The first-order valence-electron chi connectivity index (χ1n) is 8.89. The van der Waals surface area contributed by atoms with Crippen LogP contribution in [-0.4, -0.2) is 32.4 Å². The van der Waals surface area contributed by atoms with E-state index in [0.717, 1.165) is 31.2 Å². The van der Waals surface area contributed by atoms with Gasteiger partial charge in [0.25, 0.3) is 5.91 Å². The van der Waals surface area contributed by atoms with Crippen LogP contribution in [0.3, 0.4) is 0 Å². The zero-order valence-electron chi connectivity index (χ0n) is 14.9. The molecule has 0 aliphatic heterocycles.